The van der Waals surface area contributed by atoms with Crippen molar-refractivity contribution in [2.24, 2.45) is 5.10 Å². The quantitative estimate of drug-likeness (QED) is 0.207. The summed E-state index contributed by atoms with van der Waals surface area (Å²) in [7, 11) is 1.55. The van der Waals surface area contributed by atoms with Crippen LogP contribution in [0.2, 0.25) is 0 Å². The zero-order valence-corrected chi connectivity index (χ0v) is 20.9. The van der Waals surface area contributed by atoms with Crippen LogP contribution in [0.4, 0.5) is 5.69 Å². The van der Waals surface area contributed by atoms with Gasteiger partial charge in [-0.2, -0.15) is 5.10 Å². The summed E-state index contributed by atoms with van der Waals surface area (Å²) < 4.78 is 13.0. The molecule has 7 nitrogen and oxygen atoms in total. The monoisotopic (exact) mass is 573 g/mol. The topological polar surface area (TPSA) is 89.0 Å². The third-order valence-corrected chi connectivity index (χ3v) is 5.59. The van der Waals surface area contributed by atoms with E-state index in [0.29, 0.717) is 29.4 Å². The fourth-order valence-electron chi connectivity index (χ4n) is 2.75. The number of ether oxygens (including phenoxy) is 2. The van der Waals surface area contributed by atoms with Crippen LogP contribution in [0.5, 0.6) is 11.5 Å². The number of amides is 2. The second kappa shape index (κ2) is 12.2. The van der Waals surface area contributed by atoms with Gasteiger partial charge >= 0.3 is 0 Å². The number of rotatable bonds is 9. The molecule has 3 aromatic rings. The maximum atomic E-state index is 12.0. The predicted octanol–water partition coefficient (Wildman–Crippen LogP) is 5.28. The van der Waals surface area contributed by atoms with E-state index in [1.54, 1.807) is 43.5 Å². The maximum Gasteiger partial charge on any atom is 0.249 e. The van der Waals surface area contributed by atoms with Gasteiger partial charge in [0.2, 0.25) is 11.8 Å². The largest absolute Gasteiger partial charge is 0.493 e. The Hall–Kier alpha value is -3.17. The third-order valence-electron chi connectivity index (χ3n) is 4.37. The number of halogens is 2. The molecule has 2 N–H and O–H groups in total. The number of carbonyl (C=O) groups is 2. The molecule has 33 heavy (non-hydrogen) atoms. The van der Waals surface area contributed by atoms with E-state index in [-0.39, 0.29) is 6.42 Å². The fraction of sp³-hybridized carbons (Fsp3) is 0.125. The number of nitrogens with zero attached hydrogens (tertiary/aromatic N) is 1. The third kappa shape index (κ3) is 7.73. The van der Waals surface area contributed by atoms with Gasteiger partial charge in [-0.1, -0.05) is 40.2 Å². The first-order chi connectivity index (χ1) is 15.9. The molecule has 3 aromatic carbocycles. The molecule has 0 heterocycles. The summed E-state index contributed by atoms with van der Waals surface area (Å²) in [6, 6.07) is 20.3. The van der Waals surface area contributed by atoms with E-state index in [1.807, 2.05) is 30.3 Å². The highest BCUT2D eigenvalue weighted by Gasteiger charge is 2.10. The lowest BCUT2D eigenvalue weighted by Gasteiger charge is -2.11. The second-order valence-electron chi connectivity index (χ2n) is 6.82. The fourth-order valence-corrected chi connectivity index (χ4v) is 3.39. The summed E-state index contributed by atoms with van der Waals surface area (Å²) in [6.45, 7) is 0.398. The standard InChI is InChI=1S/C24H21Br2N3O4/c1-32-22-12-17(8-11-21(22)33-15-16-6-9-18(25)10-7-16)14-27-29-24(31)13-23(30)28-20-5-3-2-4-19(20)26/h2-12,14H,13,15H2,1H3,(H,28,30)(H,29,31). The van der Waals surface area contributed by atoms with Gasteiger partial charge in [-0.15, -0.1) is 0 Å². The van der Waals surface area contributed by atoms with Crippen molar-refractivity contribution in [3.8, 4) is 11.5 Å². The Balaban J connectivity index is 1.51. The molecule has 0 aliphatic heterocycles. The van der Waals surface area contributed by atoms with Crippen molar-refractivity contribution >= 4 is 55.6 Å². The summed E-state index contributed by atoms with van der Waals surface area (Å²) in [5, 5.41) is 6.58. The zero-order chi connectivity index (χ0) is 23.6. The molecular formula is C24H21Br2N3O4. The van der Waals surface area contributed by atoms with Gasteiger partial charge in [0.25, 0.3) is 0 Å². The summed E-state index contributed by atoms with van der Waals surface area (Å²) in [4.78, 5) is 24.0. The Morgan fingerprint density at radius 1 is 0.970 bits per heavy atom. The van der Waals surface area contributed by atoms with Crippen molar-refractivity contribution in [3.63, 3.8) is 0 Å². The van der Waals surface area contributed by atoms with Gasteiger partial charge < -0.3 is 14.8 Å². The summed E-state index contributed by atoms with van der Waals surface area (Å²) >= 11 is 6.75. The highest BCUT2D eigenvalue weighted by Crippen LogP contribution is 2.28. The summed E-state index contributed by atoms with van der Waals surface area (Å²) in [5.74, 6) is 0.154. The lowest BCUT2D eigenvalue weighted by Crippen LogP contribution is -2.24. The van der Waals surface area contributed by atoms with Crippen LogP contribution in [0.15, 0.2) is 80.8 Å². The van der Waals surface area contributed by atoms with Crippen molar-refractivity contribution in [2.75, 3.05) is 12.4 Å². The molecule has 0 saturated carbocycles. The molecule has 0 fully saturated rings. The Bertz CT molecular complexity index is 1150. The molecule has 0 spiro atoms. The zero-order valence-electron chi connectivity index (χ0n) is 17.7. The van der Waals surface area contributed by atoms with Crippen LogP contribution in [0.3, 0.4) is 0 Å². The molecule has 0 aromatic heterocycles. The molecule has 2 amide bonds. The van der Waals surface area contributed by atoms with Crippen LogP contribution in [0, 0.1) is 0 Å². The minimum absolute atomic E-state index is 0.356. The van der Waals surface area contributed by atoms with Crippen LogP contribution in [-0.2, 0) is 16.2 Å². The van der Waals surface area contributed by atoms with Gasteiger partial charge in [0.05, 0.1) is 19.0 Å². The first kappa shape index (κ1) is 24.5. The Labute approximate surface area is 208 Å². The molecule has 0 aliphatic carbocycles. The van der Waals surface area contributed by atoms with Crippen molar-refractivity contribution < 1.29 is 19.1 Å². The van der Waals surface area contributed by atoms with Gasteiger partial charge in [0.1, 0.15) is 13.0 Å². The average Bonchev–Trinajstić information content (AvgIpc) is 2.80. The van der Waals surface area contributed by atoms with E-state index in [9.17, 15) is 9.59 Å². The summed E-state index contributed by atoms with van der Waals surface area (Å²) in [6.07, 6.45) is 1.11. The lowest BCUT2D eigenvalue weighted by atomic mass is 10.2. The normalized spacial score (nSPS) is 10.6. The maximum absolute atomic E-state index is 12.0. The second-order valence-corrected chi connectivity index (χ2v) is 8.59. The van der Waals surface area contributed by atoms with Crippen LogP contribution < -0.4 is 20.2 Å². The van der Waals surface area contributed by atoms with Gasteiger partial charge in [0.15, 0.2) is 11.5 Å². The number of benzene rings is 3. The molecule has 0 radical (unpaired) electrons. The number of para-hydroxylation sites is 1. The number of anilines is 1. The SMILES string of the molecule is COc1cc(C=NNC(=O)CC(=O)Nc2ccccc2Br)ccc1OCc1ccc(Br)cc1. The van der Waals surface area contributed by atoms with Crippen molar-refractivity contribution in [2.45, 2.75) is 13.0 Å². The summed E-state index contributed by atoms with van der Waals surface area (Å²) in [5.41, 5.74) is 4.66. The first-order valence-corrected chi connectivity index (χ1v) is 11.4. The van der Waals surface area contributed by atoms with Crippen LogP contribution in [0.1, 0.15) is 17.5 Å². The van der Waals surface area contributed by atoms with Crippen molar-refractivity contribution in [3.05, 3.63) is 86.8 Å². The van der Waals surface area contributed by atoms with Gasteiger partial charge in [-0.3, -0.25) is 9.59 Å². The van der Waals surface area contributed by atoms with E-state index < -0.39 is 11.8 Å². The minimum Gasteiger partial charge on any atom is -0.493 e. The van der Waals surface area contributed by atoms with E-state index >= 15 is 0 Å². The first-order valence-electron chi connectivity index (χ1n) is 9.86. The van der Waals surface area contributed by atoms with E-state index in [1.165, 1.54) is 6.21 Å². The Morgan fingerprint density at radius 2 is 1.73 bits per heavy atom. The predicted molar refractivity (Wildman–Crippen MR) is 135 cm³/mol. The number of nitrogens with one attached hydrogen (secondary N) is 2. The number of hydrogen-bond donors (Lipinski definition) is 2. The van der Waals surface area contributed by atoms with Gasteiger partial charge in [-0.25, -0.2) is 5.43 Å². The van der Waals surface area contributed by atoms with Crippen LogP contribution >= 0.6 is 31.9 Å². The molecule has 0 aliphatic rings. The Kier molecular flexibility index (Phi) is 9.03. The number of hydrazone groups is 1. The van der Waals surface area contributed by atoms with Gasteiger partial charge in [-0.05, 0) is 69.5 Å². The Morgan fingerprint density at radius 3 is 2.45 bits per heavy atom. The molecular weight excluding hydrogens is 554 g/mol. The molecule has 0 saturated heterocycles. The minimum atomic E-state index is -0.530. The molecule has 0 unspecified atom stereocenters. The van der Waals surface area contributed by atoms with Crippen molar-refractivity contribution in [1.29, 1.82) is 0 Å². The molecule has 0 bridgehead atoms. The number of methoxy groups -OCH3 is 1. The van der Waals surface area contributed by atoms with Crippen molar-refractivity contribution in [1.82, 2.24) is 5.43 Å². The van der Waals surface area contributed by atoms with E-state index in [0.717, 1.165) is 14.5 Å². The number of carbonyl (C=O) groups excluding carboxylic acids is 2. The highest BCUT2D eigenvalue weighted by molar-refractivity contribution is 9.10. The number of hydrogen-bond acceptors (Lipinski definition) is 5. The van der Waals surface area contributed by atoms with E-state index in [4.69, 9.17) is 9.47 Å². The lowest BCUT2D eigenvalue weighted by molar-refractivity contribution is -0.126. The van der Waals surface area contributed by atoms with Crippen LogP contribution in [0.25, 0.3) is 0 Å². The molecule has 3 rings (SSSR count). The molecule has 170 valence electrons. The van der Waals surface area contributed by atoms with Gasteiger partial charge in [0, 0.05) is 8.95 Å². The van der Waals surface area contributed by atoms with Crippen LogP contribution in [-0.4, -0.2) is 25.1 Å². The van der Waals surface area contributed by atoms with E-state index in [2.05, 4.69) is 47.7 Å². The smallest absolute Gasteiger partial charge is 0.249 e. The molecule has 0 atom stereocenters. The molecule has 9 heteroatoms. The average molecular weight is 575 g/mol. The highest BCUT2D eigenvalue weighted by atomic mass is 79.9.